The standard InChI is InChI=1S/C30H34N8/c1-5-20(16-22(6-2)32-19(3)21-10-11-21)25-17-23-26(18-31-25)35-36-28(23)30-33-24-8-7-9-27(29(24)34-30)38-14-12-37(4)13-15-38/h5-9,16-18,21,32H,2-3,10-15H2,1,4H3,(H,33,34)(H,35,36)/b20-5+,22-16+. The van der Waals surface area contributed by atoms with E-state index in [1.54, 1.807) is 0 Å². The molecule has 3 aromatic heterocycles. The maximum absolute atomic E-state index is 5.04. The lowest BCUT2D eigenvalue weighted by Gasteiger charge is -2.34. The smallest absolute Gasteiger partial charge is 0.159 e. The van der Waals surface area contributed by atoms with Gasteiger partial charge in [-0.25, -0.2) is 4.98 Å². The molecule has 8 heteroatoms. The summed E-state index contributed by atoms with van der Waals surface area (Å²) in [7, 11) is 2.17. The van der Waals surface area contributed by atoms with E-state index in [9.17, 15) is 0 Å². The second-order valence-corrected chi connectivity index (χ2v) is 10.2. The zero-order chi connectivity index (χ0) is 26.2. The Morgan fingerprint density at radius 3 is 2.71 bits per heavy atom. The number of anilines is 1. The summed E-state index contributed by atoms with van der Waals surface area (Å²) in [5.74, 6) is 1.31. The average molecular weight is 507 g/mol. The lowest BCUT2D eigenvalue weighted by molar-refractivity contribution is 0.313. The fourth-order valence-electron chi connectivity index (χ4n) is 5.02. The minimum Gasteiger partial charge on any atom is -0.367 e. The first-order valence-corrected chi connectivity index (χ1v) is 13.3. The molecule has 194 valence electrons. The van der Waals surface area contributed by atoms with Gasteiger partial charge < -0.3 is 20.1 Å². The molecule has 0 spiro atoms. The van der Waals surface area contributed by atoms with Gasteiger partial charge in [0.2, 0.25) is 0 Å². The predicted octanol–water partition coefficient (Wildman–Crippen LogP) is 5.24. The minimum absolute atomic E-state index is 0.566. The van der Waals surface area contributed by atoms with Crippen LogP contribution in [-0.4, -0.2) is 63.3 Å². The van der Waals surface area contributed by atoms with Crippen molar-refractivity contribution in [3.05, 3.63) is 78.9 Å². The van der Waals surface area contributed by atoms with Crippen LogP contribution in [0.5, 0.6) is 0 Å². The van der Waals surface area contributed by atoms with Gasteiger partial charge in [-0.15, -0.1) is 0 Å². The number of piperazine rings is 1. The zero-order valence-corrected chi connectivity index (χ0v) is 22.1. The summed E-state index contributed by atoms with van der Waals surface area (Å²) in [4.78, 5) is 18.0. The van der Waals surface area contributed by atoms with Crippen molar-refractivity contribution in [2.24, 2.45) is 5.92 Å². The van der Waals surface area contributed by atoms with E-state index in [0.717, 1.165) is 82.3 Å². The summed E-state index contributed by atoms with van der Waals surface area (Å²) >= 11 is 0. The van der Waals surface area contributed by atoms with Gasteiger partial charge in [0.05, 0.1) is 28.6 Å². The first kappa shape index (κ1) is 24.2. The van der Waals surface area contributed by atoms with Crippen LogP contribution < -0.4 is 10.2 Å². The van der Waals surface area contributed by atoms with Crippen LogP contribution in [0.1, 0.15) is 25.5 Å². The Morgan fingerprint density at radius 2 is 1.97 bits per heavy atom. The number of nitrogens with zero attached hydrogens (tertiary/aromatic N) is 5. The van der Waals surface area contributed by atoms with Gasteiger partial charge in [-0.2, -0.15) is 5.10 Å². The number of para-hydroxylation sites is 1. The fraction of sp³-hybridized carbons (Fsp3) is 0.300. The molecule has 8 nitrogen and oxygen atoms in total. The number of allylic oxidation sites excluding steroid dienone is 5. The molecule has 1 saturated carbocycles. The van der Waals surface area contributed by atoms with Crippen molar-refractivity contribution < 1.29 is 0 Å². The van der Waals surface area contributed by atoms with E-state index in [-0.39, 0.29) is 0 Å². The van der Waals surface area contributed by atoms with E-state index < -0.39 is 0 Å². The molecular formula is C30H34N8. The predicted molar refractivity (Wildman–Crippen MR) is 156 cm³/mol. The third kappa shape index (κ3) is 4.63. The largest absolute Gasteiger partial charge is 0.367 e. The molecule has 2 fully saturated rings. The van der Waals surface area contributed by atoms with Gasteiger partial charge in [-0.1, -0.05) is 25.3 Å². The van der Waals surface area contributed by atoms with E-state index in [1.807, 2.05) is 19.2 Å². The lowest BCUT2D eigenvalue weighted by Crippen LogP contribution is -2.44. The molecule has 1 aromatic carbocycles. The Kier molecular flexibility index (Phi) is 6.33. The summed E-state index contributed by atoms with van der Waals surface area (Å²) in [6, 6.07) is 8.41. The Labute approximate surface area is 222 Å². The zero-order valence-electron chi connectivity index (χ0n) is 22.1. The highest BCUT2D eigenvalue weighted by atomic mass is 15.3. The first-order chi connectivity index (χ1) is 18.5. The van der Waals surface area contributed by atoms with Crippen LogP contribution in [0.2, 0.25) is 0 Å². The molecular weight excluding hydrogens is 472 g/mol. The van der Waals surface area contributed by atoms with E-state index in [1.165, 1.54) is 18.5 Å². The number of hydrogen-bond donors (Lipinski definition) is 3. The average Bonchev–Trinajstić information content (AvgIpc) is 3.57. The molecule has 3 N–H and O–H groups in total. The Hall–Kier alpha value is -4.17. The number of benzene rings is 1. The molecule has 0 amide bonds. The molecule has 0 bridgehead atoms. The highest BCUT2D eigenvalue weighted by molar-refractivity contribution is 5.96. The van der Waals surface area contributed by atoms with Crippen molar-refractivity contribution in [1.29, 1.82) is 0 Å². The lowest BCUT2D eigenvalue weighted by atomic mass is 10.1. The molecule has 0 unspecified atom stereocenters. The fourth-order valence-corrected chi connectivity index (χ4v) is 5.02. The molecule has 1 saturated heterocycles. The molecule has 6 rings (SSSR count). The van der Waals surface area contributed by atoms with Crippen LogP contribution in [0.4, 0.5) is 5.69 Å². The van der Waals surface area contributed by atoms with Crippen LogP contribution in [0.3, 0.4) is 0 Å². The van der Waals surface area contributed by atoms with Crippen molar-refractivity contribution in [2.45, 2.75) is 19.8 Å². The molecule has 0 radical (unpaired) electrons. The number of fused-ring (bicyclic) bond motifs is 2. The van der Waals surface area contributed by atoms with Crippen LogP contribution in [0, 0.1) is 5.92 Å². The van der Waals surface area contributed by atoms with E-state index in [2.05, 4.69) is 86.9 Å². The van der Waals surface area contributed by atoms with Gasteiger partial charge in [-0.05, 0) is 68.7 Å². The Morgan fingerprint density at radius 1 is 1.16 bits per heavy atom. The third-order valence-corrected chi connectivity index (χ3v) is 7.52. The van der Waals surface area contributed by atoms with Crippen LogP contribution in [0.15, 0.2) is 73.2 Å². The summed E-state index contributed by atoms with van der Waals surface area (Å²) in [5, 5.41) is 12.2. The number of imidazole rings is 1. The van der Waals surface area contributed by atoms with Crippen molar-refractivity contribution in [2.75, 3.05) is 38.1 Å². The summed E-state index contributed by atoms with van der Waals surface area (Å²) < 4.78 is 0. The molecule has 4 heterocycles. The summed E-state index contributed by atoms with van der Waals surface area (Å²) in [6.45, 7) is 14.3. The molecule has 1 aliphatic carbocycles. The van der Waals surface area contributed by atoms with Gasteiger partial charge >= 0.3 is 0 Å². The SMILES string of the molecule is C=C/C(=C\C(=C/C)c1cc2c(-c3nc4c(N5CCN(C)CC5)cccc4[nH]3)n[nH]c2cn1)NC(=C)C1CC1. The Bertz CT molecular complexity index is 1570. The van der Waals surface area contributed by atoms with Crippen molar-refractivity contribution in [3.63, 3.8) is 0 Å². The van der Waals surface area contributed by atoms with Gasteiger partial charge in [0.25, 0.3) is 0 Å². The number of rotatable bonds is 8. The Balaban J connectivity index is 1.34. The number of nitrogens with one attached hydrogen (secondary N) is 3. The van der Waals surface area contributed by atoms with E-state index in [4.69, 9.17) is 9.97 Å². The summed E-state index contributed by atoms with van der Waals surface area (Å²) in [5.41, 5.74) is 8.62. The van der Waals surface area contributed by atoms with Crippen LogP contribution in [0.25, 0.3) is 39.0 Å². The van der Waals surface area contributed by atoms with Gasteiger partial charge in [0.1, 0.15) is 11.2 Å². The van der Waals surface area contributed by atoms with Gasteiger partial charge in [-0.3, -0.25) is 10.1 Å². The normalized spacial score (nSPS) is 17.4. The quantitative estimate of drug-likeness (QED) is 0.283. The summed E-state index contributed by atoms with van der Waals surface area (Å²) in [6.07, 6.45) is 10.2. The number of aromatic amines is 2. The highest BCUT2D eigenvalue weighted by Gasteiger charge is 2.25. The van der Waals surface area contributed by atoms with Gasteiger partial charge in [0.15, 0.2) is 5.82 Å². The molecule has 38 heavy (non-hydrogen) atoms. The second-order valence-electron chi connectivity index (χ2n) is 10.2. The first-order valence-electron chi connectivity index (χ1n) is 13.3. The number of hydrogen-bond acceptors (Lipinski definition) is 6. The number of aromatic nitrogens is 5. The van der Waals surface area contributed by atoms with Crippen molar-refractivity contribution in [1.82, 2.24) is 35.4 Å². The van der Waals surface area contributed by atoms with Crippen molar-refractivity contribution in [3.8, 4) is 11.5 Å². The highest BCUT2D eigenvalue weighted by Crippen LogP contribution is 2.35. The molecule has 0 atom stereocenters. The minimum atomic E-state index is 0.566. The molecule has 4 aromatic rings. The van der Waals surface area contributed by atoms with Crippen LogP contribution >= 0.6 is 0 Å². The third-order valence-electron chi connectivity index (χ3n) is 7.52. The maximum atomic E-state index is 5.04. The molecule has 1 aliphatic heterocycles. The number of likely N-dealkylation sites (N-methyl/N-ethyl adjacent to an activating group) is 1. The molecule has 2 aliphatic rings. The van der Waals surface area contributed by atoms with Crippen molar-refractivity contribution >= 4 is 33.2 Å². The topological polar surface area (TPSA) is 88.8 Å². The monoisotopic (exact) mass is 506 g/mol. The van der Waals surface area contributed by atoms with Gasteiger partial charge in [0, 0.05) is 43.0 Å². The maximum Gasteiger partial charge on any atom is 0.159 e. The van der Waals surface area contributed by atoms with Crippen LogP contribution in [-0.2, 0) is 0 Å². The van der Waals surface area contributed by atoms with E-state index >= 15 is 0 Å². The van der Waals surface area contributed by atoms with E-state index in [0.29, 0.717) is 5.92 Å². The number of H-pyrrole nitrogens is 2. The number of pyridine rings is 1. The second kappa shape index (κ2) is 9.95.